The molecule has 0 aliphatic carbocycles. The molecule has 0 aliphatic heterocycles. The summed E-state index contributed by atoms with van der Waals surface area (Å²) >= 11 is 0. The van der Waals surface area contributed by atoms with Gasteiger partial charge in [0.25, 0.3) is 0 Å². The van der Waals surface area contributed by atoms with Crippen molar-refractivity contribution in [1.82, 2.24) is 15.1 Å². The molecule has 0 amide bonds. The molecule has 0 saturated heterocycles. The van der Waals surface area contributed by atoms with Gasteiger partial charge in [0.2, 0.25) is 11.7 Å². The number of allylic oxidation sites excluding steroid dienone is 1. The first kappa shape index (κ1) is 12.3. The lowest BCUT2D eigenvalue weighted by Gasteiger charge is -1.89. The summed E-state index contributed by atoms with van der Waals surface area (Å²) < 4.78 is 4.98. The average Bonchev–Trinajstić information content (AvgIpc) is 2.98. The standard InChI is InChI=1S/C13H15N3O2/c1-3-10-4-6-14-11(10)8-9(2)13-15-12(5-7-17)18-16-13/h3-4,6,8,14,17H,2,5,7H2,1H3/b10-3-,11-8+. The number of nitrogens with one attached hydrogen (secondary N) is 1. The van der Waals surface area contributed by atoms with Crippen LogP contribution in [-0.4, -0.2) is 26.8 Å². The van der Waals surface area contributed by atoms with Crippen LogP contribution in [-0.2, 0) is 6.42 Å². The van der Waals surface area contributed by atoms with Crippen LogP contribution in [0.1, 0.15) is 18.6 Å². The number of H-pyrrole nitrogens is 1. The number of aliphatic hydroxyl groups is 1. The van der Waals surface area contributed by atoms with Crippen molar-refractivity contribution in [3.63, 3.8) is 0 Å². The highest BCUT2D eigenvalue weighted by Crippen LogP contribution is 2.09. The summed E-state index contributed by atoms with van der Waals surface area (Å²) in [4.78, 5) is 7.26. The number of aliphatic hydroxyl groups excluding tert-OH is 1. The predicted molar refractivity (Wildman–Crippen MR) is 68.8 cm³/mol. The van der Waals surface area contributed by atoms with Gasteiger partial charge < -0.3 is 14.6 Å². The van der Waals surface area contributed by atoms with Crippen molar-refractivity contribution in [2.24, 2.45) is 0 Å². The largest absolute Gasteiger partial charge is 0.396 e. The van der Waals surface area contributed by atoms with Crippen LogP contribution in [0.5, 0.6) is 0 Å². The molecule has 94 valence electrons. The Morgan fingerprint density at radius 1 is 1.61 bits per heavy atom. The molecular weight excluding hydrogens is 230 g/mol. The molecule has 5 heteroatoms. The molecule has 0 atom stereocenters. The third-order valence-electron chi connectivity index (χ3n) is 2.52. The minimum Gasteiger partial charge on any atom is -0.396 e. The second-order valence-corrected chi connectivity index (χ2v) is 3.79. The number of hydrogen-bond donors (Lipinski definition) is 2. The lowest BCUT2D eigenvalue weighted by atomic mass is 10.2. The monoisotopic (exact) mass is 245 g/mol. The molecule has 0 aliphatic rings. The summed E-state index contributed by atoms with van der Waals surface area (Å²) in [5.41, 5.74) is 0.661. The molecule has 0 aromatic carbocycles. The summed E-state index contributed by atoms with van der Waals surface area (Å²) in [7, 11) is 0. The number of aromatic amines is 1. The molecule has 0 spiro atoms. The van der Waals surface area contributed by atoms with Crippen molar-refractivity contribution in [3.8, 4) is 0 Å². The fourth-order valence-corrected chi connectivity index (χ4v) is 1.59. The van der Waals surface area contributed by atoms with Crippen LogP contribution in [0, 0.1) is 0 Å². The molecular formula is C13H15N3O2. The molecule has 2 rings (SSSR count). The molecule has 0 unspecified atom stereocenters. The minimum atomic E-state index is -0.0105. The topological polar surface area (TPSA) is 74.9 Å². The molecule has 2 aromatic rings. The van der Waals surface area contributed by atoms with E-state index >= 15 is 0 Å². The van der Waals surface area contributed by atoms with Crippen LogP contribution < -0.4 is 10.6 Å². The summed E-state index contributed by atoms with van der Waals surface area (Å²) in [6.45, 7) is 5.87. The number of aromatic nitrogens is 3. The van der Waals surface area contributed by atoms with Crippen molar-refractivity contribution in [2.75, 3.05) is 6.61 Å². The van der Waals surface area contributed by atoms with Gasteiger partial charge in [-0.15, -0.1) is 0 Å². The van der Waals surface area contributed by atoms with E-state index in [1.807, 2.05) is 31.3 Å². The third-order valence-corrected chi connectivity index (χ3v) is 2.52. The van der Waals surface area contributed by atoms with E-state index in [-0.39, 0.29) is 6.61 Å². The van der Waals surface area contributed by atoms with Gasteiger partial charge in [0.15, 0.2) is 0 Å². The first-order valence-electron chi connectivity index (χ1n) is 5.68. The second kappa shape index (κ2) is 5.46. The minimum absolute atomic E-state index is 0.0105. The van der Waals surface area contributed by atoms with Crippen molar-refractivity contribution in [1.29, 1.82) is 0 Å². The van der Waals surface area contributed by atoms with Crippen LogP contribution in [0.25, 0.3) is 17.7 Å². The van der Waals surface area contributed by atoms with Gasteiger partial charge in [-0.05, 0) is 24.3 Å². The second-order valence-electron chi connectivity index (χ2n) is 3.79. The normalized spacial score (nSPS) is 13.2. The quantitative estimate of drug-likeness (QED) is 0.808. The number of rotatable bonds is 4. The highest BCUT2D eigenvalue weighted by Gasteiger charge is 2.07. The van der Waals surface area contributed by atoms with E-state index in [4.69, 9.17) is 9.63 Å². The Bertz CT molecular complexity index is 652. The van der Waals surface area contributed by atoms with Gasteiger partial charge in [-0.25, -0.2) is 0 Å². The maximum Gasteiger partial charge on any atom is 0.229 e. The van der Waals surface area contributed by atoms with Gasteiger partial charge >= 0.3 is 0 Å². The molecule has 0 radical (unpaired) electrons. The summed E-state index contributed by atoms with van der Waals surface area (Å²) in [5.74, 6) is 0.853. The number of hydrogen-bond acceptors (Lipinski definition) is 4. The van der Waals surface area contributed by atoms with Crippen molar-refractivity contribution in [2.45, 2.75) is 13.3 Å². The zero-order valence-electron chi connectivity index (χ0n) is 10.2. The Morgan fingerprint density at radius 3 is 3.17 bits per heavy atom. The lowest BCUT2D eigenvalue weighted by Crippen LogP contribution is -2.21. The zero-order valence-corrected chi connectivity index (χ0v) is 10.2. The van der Waals surface area contributed by atoms with Crippen LogP contribution in [0.3, 0.4) is 0 Å². The first-order valence-corrected chi connectivity index (χ1v) is 5.68. The van der Waals surface area contributed by atoms with E-state index in [1.165, 1.54) is 0 Å². The van der Waals surface area contributed by atoms with E-state index in [1.54, 1.807) is 0 Å². The van der Waals surface area contributed by atoms with Crippen LogP contribution in [0.2, 0.25) is 0 Å². The predicted octanol–water partition coefficient (Wildman–Crippen LogP) is 0.227. The number of nitrogens with zero attached hydrogens (tertiary/aromatic N) is 2. The molecule has 0 bridgehead atoms. The van der Waals surface area contributed by atoms with E-state index in [9.17, 15) is 0 Å². The average molecular weight is 245 g/mol. The molecule has 5 nitrogen and oxygen atoms in total. The summed E-state index contributed by atoms with van der Waals surface area (Å²) in [6.07, 6.45) is 6.09. The Morgan fingerprint density at radius 2 is 2.44 bits per heavy atom. The van der Waals surface area contributed by atoms with Gasteiger partial charge in [0.1, 0.15) is 0 Å². The summed E-state index contributed by atoms with van der Waals surface area (Å²) in [5, 5.41) is 14.6. The fraction of sp³-hybridized carbons (Fsp3) is 0.231. The lowest BCUT2D eigenvalue weighted by molar-refractivity contribution is 0.274. The van der Waals surface area contributed by atoms with Gasteiger partial charge in [0, 0.05) is 17.1 Å². The van der Waals surface area contributed by atoms with Gasteiger partial charge in [-0.1, -0.05) is 17.8 Å². The molecule has 0 fully saturated rings. The smallest absolute Gasteiger partial charge is 0.229 e. The van der Waals surface area contributed by atoms with E-state index < -0.39 is 0 Å². The SMILES string of the molecule is C=C(/C=c1/[nH]cc/c1=C/C)c1noc(CCO)n1. The Labute approximate surface area is 104 Å². The molecule has 2 aromatic heterocycles. The Balaban J connectivity index is 2.29. The fourth-order valence-electron chi connectivity index (χ4n) is 1.59. The van der Waals surface area contributed by atoms with Crippen molar-refractivity contribution < 1.29 is 9.63 Å². The third kappa shape index (κ3) is 2.57. The van der Waals surface area contributed by atoms with E-state index in [2.05, 4.69) is 21.7 Å². The highest BCUT2D eigenvalue weighted by atomic mass is 16.5. The van der Waals surface area contributed by atoms with Gasteiger partial charge in [-0.2, -0.15) is 4.98 Å². The molecule has 2 N–H and O–H groups in total. The maximum absolute atomic E-state index is 8.78. The summed E-state index contributed by atoms with van der Waals surface area (Å²) in [6, 6.07) is 1.98. The van der Waals surface area contributed by atoms with Gasteiger partial charge in [-0.3, -0.25) is 0 Å². The van der Waals surface area contributed by atoms with Crippen LogP contribution in [0.4, 0.5) is 0 Å². The highest BCUT2D eigenvalue weighted by molar-refractivity contribution is 5.83. The van der Waals surface area contributed by atoms with Crippen molar-refractivity contribution >= 4 is 17.7 Å². The first-order chi connectivity index (χ1) is 8.74. The van der Waals surface area contributed by atoms with E-state index in [0.29, 0.717) is 23.7 Å². The van der Waals surface area contributed by atoms with Crippen LogP contribution in [0.15, 0.2) is 23.4 Å². The maximum atomic E-state index is 8.78. The van der Waals surface area contributed by atoms with Crippen molar-refractivity contribution in [3.05, 3.63) is 41.1 Å². The van der Waals surface area contributed by atoms with Crippen LogP contribution >= 0.6 is 0 Å². The molecule has 18 heavy (non-hydrogen) atoms. The van der Waals surface area contributed by atoms with Gasteiger partial charge in [0.05, 0.1) is 13.0 Å². The Kier molecular flexibility index (Phi) is 3.74. The molecule has 2 heterocycles. The van der Waals surface area contributed by atoms with E-state index in [0.717, 1.165) is 10.6 Å². The molecule has 0 saturated carbocycles. The zero-order chi connectivity index (χ0) is 13.0. The Hall–Kier alpha value is -2.14.